The maximum atomic E-state index is 11.0. The molecule has 0 fully saturated rings. The number of ether oxygens (including phenoxy) is 1. The van der Waals surface area contributed by atoms with Crippen LogP contribution in [0.25, 0.3) is 0 Å². The quantitative estimate of drug-likeness (QED) is 0.690. The Bertz CT molecular complexity index is 734. The zero-order valence-electron chi connectivity index (χ0n) is 11.7. The maximum absolute atomic E-state index is 11.0. The second kappa shape index (κ2) is 8.76. The lowest BCUT2D eigenvalue weighted by molar-refractivity contribution is 0.0599. The number of methoxy groups -OCH3 is 1. The van der Waals surface area contributed by atoms with E-state index in [9.17, 15) is 9.59 Å². The fourth-order valence-electron chi connectivity index (χ4n) is 1.44. The monoisotopic (exact) mass is 420 g/mol. The lowest BCUT2D eigenvalue weighted by Crippen LogP contribution is -2.01. The number of hydrogen-bond donors (Lipinski definition) is 2. The molecule has 0 unspecified atom stereocenters. The zero-order valence-corrected chi connectivity index (χ0v) is 14.8. The highest BCUT2D eigenvalue weighted by atomic mass is 79.9. The van der Waals surface area contributed by atoms with Gasteiger partial charge in [-0.05, 0) is 36.4 Å². The van der Waals surface area contributed by atoms with Crippen molar-refractivity contribution in [2.24, 2.45) is 0 Å². The van der Waals surface area contributed by atoms with Gasteiger partial charge in [0.2, 0.25) is 0 Å². The zero-order chi connectivity index (χ0) is 17.6. The first-order valence-corrected chi connectivity index (χ1v) is 7.56. The molecule has 0 spiro atoms. The van der Waals surface area contributed by atoms with Crippen molar-refractivity contribution in [3.8, 4) is 5.75 Å². The topological polar surface area (TPSA) is 83.8 Å². The van der Waals surface area contributed by atoms with Gasteiger partial charge in [-0.15, -0.1) is 0 Å². The smallest absolute Gasteiger partial charge is 0.339 e. The van der Waals surface area contributed by atoms with Gasteiger partial charge in [-0.2, -0.15) is 0 Å². The largest absolute Gasteiger partial charge is 0.508 e. The van der Waals surface area contributed by atoms with Crippen molar-refractivity contribution in [1.29, 1.82) is 0 Å². The van der Waals surface area contributed by atoms with Crippen molar-refractivity contribution >= 4 is 51.1 Å². The number of halogens is 3. The van der Waals surface area contributed by atoms with Gasteiger partial charge >= 0.3 is 11.9 Å². The molecule has 0 amide bonds. The van der Waals surface area contributed by atoms with Gasteiger partial charge in [0, 0.05) is 4.47 Å². The minimum Gasteiger partial charge on any atom is -0.508 e. The molecule has 8 heteroatoms. The molecular weight excluding hydrogens is 411 g/mol. The van der Waals surface area contributed by atoms with Crippen LogP contribution in [0, 0.1) is 0 Å². The van der Waals surface area contributed by atoms with Crippen molar-refractivity contribution in [3.05, 3.63) is 62.0 Å². The van der Waals surface area contributed by atoms with Crippen LogP contribution in [0.4, 0.5) is 0 Å². The Morgan fingerprint density at radius 1 is 1.04 bits per heavy atom. The minimum atomic E-state index is -1.02. The fraction of sp³-hybridized carbons (Fsp3) is 0.0667. The first-order chi connectivity index (χ1) is 10.8. The molecule has 122 valence electrons. The van der Waals surface area contributed by atoms with E-state index in [2.05, 4.69) is 20.7 Å². The van der Waals surface area contributed by atoms with E-state index in [1.54, 1.807) is 6.07 Å². The number of phenolic OH excluding ortho intramolecular Hbond substituents is 1. The van der Waals surface area contributed by atoms with Gasteiger partial charge in [-0.1, -0.05) is 39.1 Å². The summed E-state index contributed by atoms with van der Waals surface area (Å²) in [5, 5.41) is 18.1. The summed E-state index contributed by atoms with van der Waals surface area (Å²) in [6.45, 7) is 0. The first-order valence-electron chi connectivity index (χ1n) is 6.01. The molecule has 0 heterocycles. The Morgan fingerprint density at radius 3 is 2.13 bits per heavy atom. The van der Waals surface area contributed by atoms with Crippen molar-refractivity contribution < 1.29 is 24.5 Å². The summed E-state index contributed by atoms with van der Waals surface area (Å²) in [5.74, 6) is -1.59. The van der Waals surface area contributed by atoms with Gasteiger partial charge in [0.1, 0.15) is 5.75 Å². The van der Waals surface area contributed by atoms with Crippen molar-refractivity contribution in [2.45, 2.75) is 0 Å². The van der Waals surface area contributed by atoms with Gasteiger partial charge in [0.25, 0.3) is 0 Å². The number of phenols is 1. The molecule has 0 radical (unpaired) electrons. The Labute approximate surface area is 150 Å². The van der Waals surface area contributed by atoms with E-state index < -0.39 is 11.9 Å². The summed E-state index contributed by atoms with van der Waals surface area (Å²) in [7, 11) is 1.25. The van der Waals surface area contributed by atoms with Crippen molar-refractivity contribution in [2.75, 3.05) is 7.11 Å². The number of benzene rings is 2. The number of aromatic hydroxyl groups is 1. The lowest BCUT2D eigenvalue weighted by Gasteiger charge is -2.01. The highest BCUT2D eigenvalue weighted by molar-refractivity contribution is 9.10. The average Bonchev–Trinajstić information content (AvgIpc) is 2.51. The molecule has 0 bridgehead atoms. The van der Waals surface area contributed by atoms with Gasteiger partial charge in [-0.3, -0.25) is 0 Å². The van der Waals surface area contributed by atoms with Crippen LogP contribution in [0.15, 0.2) is 40.9 Å². The van der Waals surface area contributed by atoms with Crippen LogP contribution < -0.4 is 0 Å². The number of esters is 1. The lowest BCUT2D eigenvalue weighted by atomic mass is 10.2. The number of hydrogen-bond acceptors (Lipinski definition) is 4. The Kier molecular flexibility index (Phi) is 7.35. The molecule has 0 aliphatic heterocycles. The highest BCUT2D eigenvalue weighted by Crippen LogP contribution is 2.22. The normalized spacial score (nSPS) is 9.57. The molecule has 2 rings (SSSR count). The van der Waals surface area contributed by atoms with Gasteiger partial charge in [0.15, 0.2) is 0 Å². The van der Waals surface area contributed by atoms with Crippen LogP contribution >= 0.6 is 39.1 Å². The molecule has 0 aromatic heterocycles. The summed E-state index contributed by atoms with van der Waals surface area (Å²) < 4.78 is 5.15. The fourth-order valence-corrected chi connectivity index (χ4v) is 2.20. The van der Waals surface area contributed by atoms with Crippen LogP contribution in [0.3, 0.4) is 0 Å². The van der Waals surface area contributed by atoms with E-state index in [0.717, 1.165) is 0 Å². The molecule has 0 saturated carbocycles. The number of rotatable bonds is 2. The average molecular weight is 422 g/mol. The van der Waals surface area contributed by atoms with Crippen LogP contribution in [-0.2, 0) is 4.74 Å². The molecule has 2 aromatic rings. The van der Waals surface area contributed by atoms with E-state index >= 15 is 0 Å². The molecule has 0 aliphatic carbocycles. The summed E-state index contributed by atoms with van der Waals surface area (Å²) in [6.07, 6.45) is 0. The van der Waals surface area contributed by atoms with Crippen molar-refractivity contribution in [1.82, 2.24) is 0 Å². The SMILES string of the molecule is COC(=O)c1cc(O)ccc1Cl.O=C(O)c1cc(Br)ccc1Cl. The van der Waals surface area contributed by atoms with Crippen LogP contribution in [0.1, 0.15) is 20.7 Å². The third kappa shape index (κ3) is 5.74. The van der Waals surface area contributed by atoms with Gasteiger partial charge in [-0.25, -0.2) is 9.59 Å². The van der Waals surface area contributed by atoms with Gasteiger partial charge in [0.05, 0.1) is 28.3 Å². The molecule has 0 atom stereocenters. The summed E-state index contributed by atoms with van der Waals surface area (Å²) in [6, 6.07) is 8.78. The third-order valence-electron chi connectivity index (χ3n) is 2.51. The third-order valence-corrected chi connectivity index (χ3v) is 3.67. The summed E-state index contributed by atoms with van der Waals surface area (Å²) in [5.41, 5.74) is 0.278. The first kappa shape index (κ1) is 19.3. The predicted molar refractivity (Wildman–Crippen MR) is 90.6 cm³/mol. The maximum Gasteiger partial charge on any atom is 0.339 e. The molecular formula is C15H11BrCl2O5. The molecule has 0 saturated heterocycles. The number of aromatic carboxylic acids is 1. The Hall–Kier alpha value is -1.76. The van der Waals surface area contributed by atoms with Gasteiger partial charge < -0.3 is 14.9 Å². The number of carbonyl (C=O) groups excluding carboxylic acids is 1. The molecule has 0 aliphatic rings. The minimum absolute atomic E-state index is 0.0141. The van der Waals surface area contributed by atoms with E-state index in [0.29, 0.717) is 4.47 Å². The van der Waals surface area contributed by atoms with E-state index in [1.165, 1.54) is 37.4 Å². The summed E-state index contributed by atoms with van der Waals surface area (Å²) >= 11 is 14.4. The van der Waals surface area contributed by atoms with E-state index in [4.69, 9.17) is 33.4 Å². The second-order valence-corrected chi connectivity index (χ2v) is 5.82. The predicted octanol–water partition coefficient (Wildman–Crippen LogP) is 4.63. The van der Waals surface area contributed by atoms with Crippen molar-refractivity contribution in [3.63, 3.8) is 0 Å². The standard InChI is InChI=1S/C8H7ClO3.C7H4BrClO2/c1-12-8(11)6-4-5(10)2-3-7(6)9;8-4-1-2-6(9)5(3-4)7(10)11/h2-4,10H,1H3;1-3H,(H,10,11). The second-order valence-electron chi connectivity index (χ2n) is 4.09. The Balaban J connectivity index is 0.000000231. The molecule has 2 N–H and O–H groups in total. The molecule has 23 heavy (non-hydrogen) atoms. The van der Waals surface area contributed by atoms with Crippen LogP contribution in [0.2, 0.25) is 10.0 Å². The number of carboxylic acids is 1. The number of carbonyl (C=O) groups is 2. The van der Waals surface area contributed by atoms with E-state index in [-0.39, 0.29) is 26.9 Å². The number of carboxylic acid groups (broad SMARTS) is 1. The Morgan fingerprint density at radius 2 is 1.61 bits per heavy atom. The van der Waals surface area contributed by atoms with E-state index in [1.807, 2.05) is 0 Å². The highest BCUT2D eigenvalue weighted by Gasteiger charge is 2.10. The van der Waals surface area contributed by atoms with Crippen LogP contribution in [-0.4, -0.2) is 29.3 Å². The van der Waals surface area contributed by atoms with Crippen LogP contribution in [0.5, 0.6) is 5.75 Å². The molecule has 2 aromatic carbocycles. The summed E-state index contributed by atoms with van der Waals surface area (Å²) in [4.78, 5) is 21.4. The molecule has 5 nitrogen and oxygen atoms in total.